The second-order valence-corrected chi connectivity index (χ2v) is 4.34. The average molecular weight is 267 g/mol. The van der Waals surface area contributed by atoms with Crippen molar-refractivity contribution in [1.82, 2.24) is 0 Å². The lowest BCUT2D eigenvalue weighted by atomic mass is 9.95. The van der Waals surface area contributed by atoms with Gasteiger partial charge in [-0.3, -0.25) is 4.79 Å². The zero-order valence-corrected chi connectivity index (χ0v) is 11.8. The van der Waals surface area contributed by atoms with Crippen molar-refractivity contribution >= 4 is 5.97 Å². The highest BCUT2D eigenvalue weighted by molar-refractivity contribution is 5.71. The fraction of sp³-hybridized carbons (Fsp3) is 0.500. The molecule has 0 radical (unpaired) electrons. The summed E-state index contributed by atoms with van der Waals surface area (Å²) in [6.45, 7) is 1.79. The lowest BCUT2D eigenvalue weighted by Crippen LogP contribution is -2.21. The van der Waals surface area contributed by atoms with Gasteiger partial charge < -0.3 is 19.9 Å². The number of methoxy groups -OCH3 is 3. The lowest BCUT2D eigenvalue weighted by molar-refractivity contribution is -0.145. The van der Waals surface area contributed by atoms with Crippen LogP contribution in [0.2, 0.25) is 0 Å². The van der Waals surface area contributed by atoms with Gasteiger partial charge in [0.25, 0.3) is 0 Å². The molecule has 0 saturated carbocycles. The smallest absolute Gasteiger partial charge is 0.308 e. The Morgan fingerprint density at radius 1 is 1.21 bits per heavy atom. The Labute approximate surface area is 113 Å². The average Bonchev–Trinajstić information content (AvgIpc) is 2.44. The SMILES string of the molecule is COC(=O)[C@H](C)C[C@@H](N)c1c(OC)cccc1OC. The molecule has 0 amide bonds. The van der Waals surface area contributed by atoms with Crippen LogP contribution in [-0.4, -0.2) is 27.3 Å². The van der Waals surface area contributed by atoms with Crippen molar-refractivity contribution in [3.05, 3.63) is 23.8 Å². The van der Waals surface area contributed by atoms with E-state index in [-0.39, 0.29) is 17.9 Å². The third-order valence-corrected chi connectivity index (χ3v) is 3.05. The van der Waals surface area contributed by atoms with E-state index in [9.17, 15) is 4.79 Å². The minimum atomic E-state index is -0.361. The third-order valence-electron chi connectivity index (χ3n) is 3.05. The summed E-state index contributed by atoms with van der Waals surface area (Å²) in [5, 5.41) is 0. The molecule has 1 aromatic rings. The van der Waals surface area contributed by atoms with Gasteiger partial charge in [0, 0.05) is 6.04 Å². The maximum Gasteiger partial charge on any atom is 0.308 e. The monoisotopic (exact) mass is 267 g/mol. The molecular formula is C14H21NO4. The largest absolute Gasteiger partial charge is 0.496 e. The molecule has 0 fully saturated rings. The third kappa shape index (κ3) is 3.61. The lowest BCUT2D eigenvalue weighted by Gasteiger charge is -2.20. The fourth-order valence-corrected chi connectivity index (χ4v) is 2.04. The van der Waals surface area contributed by atoms with Gasteiger partial charge in [0.05, 0.1) is 32.8 Å². The van der Waals surface area contributed by atoms with Gasteiger partial charge in [0.15, 0.2) is 0 Å². The van der Waals surface area contributed by atoms with Crippen molar-refractivity contribution in [3.8, 4) is 11.5 Å². The number of carbonyl (C=O) groups excluding carboxylic acids is 1. The number of esters is 1. The highest BCUT2D eigenvalue weighted by atomic mass is 16.5. The molecule has 106 valence electrons. The predicted octanol–water partition coefficient (Wildman–Crippen LogP) is 1.90. The van der Waals surface area contributed by atoms with Crippen molar-refractivity contribution < 1.29 is 19.0 Å². The van der Waals surface area contributed by atoms with Gasteiger partial charge in [-0.1, -0.05) is 13.0 Å². The number of nitrogens with two attached hydrogens (primary N) is 1. The van der Waals surface area contributed by atoms with Gasteiger partial charge in [-0.05, 0) is 18.6 Å². The Kier molecular flexibility index (Phi) is 5.63. The minimum absolute atomic E-state index is 0.274. The summed E-state index contributed by atoms with van der Waals surface area (Å²) in [7, 11) is 4.53. The molecule has 1 rings (SSSR count). The summed E-state index contributed by atoms with van der Waals surface area (Å²) in [6.07, 6.45) is 0.462. The normalized spacial score (nSPS) is 13.5. The Hall–Kier alpha value is -1.75. The van der Waals surface area contributed by atoms with E-state index in [4.69, 9.17) is 19.9 Å². The van der Waals surface area contributed by atoms with E-state index < -0.39 is 0 Å². The van der Waals surface area contributed by atoms with E-state index in [1.165, 1.54) is 7.11 Å². The standard InChI is InChI=1S/C14H21NO4/c1-9(14(16)19-4)8-10(15)13-11(17-2)6-5-7-12(13)18-3/h5-7,9-10H,8,15H2,1-4H3/t9-,10-/m1/s1. The first-order valence-corrected chi connectivity index (χ1v) is 6.09. The quantitative estimate of drug-likeness (QED) is 0.797. The molecule has 0 aliphatic heterocycles. The van der Waals surface area contributed by atoms with Crippen LogP contribution >= 0.6 is 0 Å². The van der Waals surface area contributed by atoms with Crippen molar-refractivity contribution in [3.63, 3.8) is 0 Å². The van der Waals surface area contributed by atoms with Crippen molar-refractivity contribution in [2.45, 2.75) is 19.4 Å². The molecule has 0 heterocycles. The Bertz CT molecular complexity index is 411. The van der Waals surface area contributed by atoms with E-state index in [2.05, 4.69) is 0 Å². The van der Waals surface area contributed by atoms with Crippen LogP contribution in [0.25, 0.3) is 0 Å². The van der Waals surface area contributed by atoms with Crippen LogP contribution in [0.15, 0.2) is 18.2 Å². The van der Waals surface area contributed by atoms with Gasteiger partial charge in [-0.2, -0.15) is 0 Å². The molecule has 1 aromatic carbocycles. The fourth-order valence-electron chi connectivity index (χ4n) is 2.04. The van der Waals surface area contributed by atoms with Crippen molar-refractivity contribution in [1.29, 1.82) is 0 Å². The van der Waals surface area contributed by atoms with Crippen molar-refractivity contribution in [2.24, 2.45) is 11.7 Å². The number of hydrogen-bond donors (Lipinski definition) is 1. The summed E-state index contributed by atoms with van der Waals surface area (Å²) in [5.41, 5.74) is 6.94. The first kappa shape index (κ1) is 15.3. The molecule has 0 bridgehead atoms. The molecule has 0 saturated heterocycles. The molecule has 0 aliphatic carbocycles. The highest BCUT2D eigenvalue weighted by Crippen LogP contribution is 2.35. The molecule has 0 unspecified atom stereocenters. The molecule has 0 aromatic heterocycles. The van der Waals surface area contributed by atoms with E-state index in [1.54, 1.807) is 21.1 Å². The van der Waals surface area contributed by atoms with Crippen LogP contribution in [0.5, 0.6) is 11.5 Å². The summed E-state index contributed by atoms with van der Waals surface area (Å²) >= 11 is 0. The van der Waals surface area contributed by atoms with E-state index >= 15 is 0 Å². The van der Waals surface area contributed by atoms with Gasteiger partial charge >= 0.3 is 5.97 Å². The first-order chi connectivity index (χ1) is 9.04. The molecule has 0 aliphatic rings. The van der Waals surface area contributed by atoms with Gasteiger partial charge in [0.1, 0.15) is 11.5 Å². The van der Waals surface area contributed by atoms with Gasteiger partial charge in [-0.25, -0.2) is 0 Å². The highest BCUT2D eigenvalue weighted by Gasteiger charge is 2.23. The second kappa shape index (κ2) is 6.99. The van der Waals surface area contributed by atoms with Gasteiger partial charge in [-0.15, -0.1) is 0 Å². The molecule has 0 spiro atoms. The summed E-state index contributed by atoms with van der Waals surface area (Å²) in [4.78, 5) is 11.4. The summed E-state index contributed by atoms with van der Waals surface area (Å²) in [5.74, 6) is 0.756. The molecular weight excluding hydrogens is 246 g/mol. The second-order valence-electron chi connectivity index (χ2n) is 4.34. The van der Waals surface area contributed by atoms with E-state index in [0.29, 0.717) is 17.9 Å². The van der Waals surface area contributed by atoms with Crippen LogP contribution in [0, 0.1) is 5.92 Å². The number of ether oxygens (including phenoxy) is 3. The van der Waals surface area contributed by atoms with Crippen LogP contribution in [0.4, 0.5) is 0 Å². The Morgan fingerprint density at radius 3 is 2.16 bits per heavy atom. The molecule has 19 heavy (non-hydrogen) atoms. The van der Waals surface area contributed by atoms with E-state index in [0.717, 1.165) is 5.56 Å². The van der Waals surface area contributed by atoms with Gasteiger partial charge in [0.2, 0.25) is 0 Å². The Morgan fingerprint density at radius 2 is 1.74 bits per heavy atom. The van der Waals surface area contributed by atoms with E-state index in [1.807, 2.05) is 18.2 Å². The molecule has 2 atom stereocenters. The van der Waals surface area contributed by atoms with Crippen LogP contribution < -0.4 is 15.2 Å². The predicted molar refractivity (Wildman–Crippen MR) is 72.3 cm³/mol. The first-order valence-electron chi connectivity index (χ1n) is 6.09. The maximum absolute atomic E-state index is 11.4. The summed E-state index contributed by atoms with van der Waals surface area (Å²) < 4.78 is 15.3. The minimum Gasteiger partial charge on any atom is -0.496 e. The number of benzene rings is 1. The zero-order valence-electron chi connectivity index (χ0n) is 11.8. The molecule has 5 heteroatoms. The maximum atomic E-state index is 11.4. The Balaban J connectivity index is 2.98. The topological polar surface area (TPSA) is 70.8 Å². The van der Waals surface area contributed by atoms with Crippen molar-refractivity contribution in [2.75, 3.05) is 21.3 Å². The van der Waals surface area contributed by atoms with Crippen LogP contribution in [0.3, 0.4) is 0 Å². The molecule has 5 nitrogen and oxygen atoms in total. The molecule has 2 N–H and O–H groups in total. The number of hydrogen-bond acceptors (Lipinski definition) is 5. The number of carbonyl (C=O) groups is 1. The summed E-state index contributed by atoms with van der Waals surface area (Å²) in [6, 6.07) is 5.11. The zero-order chi connectivity index (χ0) is 14.4. The van der Waals surface area contributed by atoms with Crippen LogP contribution in [0.1, 0.15) is 24.9 Å². The van der Waals surface area contributed by atoms with Crippen LogP contribution in [-0.2, 0) is 9.53 Å². The number of rotatable bonds is 6.